The van der Waals surface area contributed by atoms with Gasteiger partial charge in [-0.15, -0.1) is 11.3 Å². The summed E-state index contributed by atoms with van der Waals surface area (Å²) < 4.78 is 11.1. The van der Waals surface area contributed by atoms with Gasteiger partial charge in [-0.1, -0.05) is 0 Å². The Balaban J connectivity index is 1.68. The van der Waals surface area contributed by atoms with Crippen LogP contribution in [0, 0.1) is 6.92 Å². The summed E-state index contributed by atoms with van der Waals surface area (Å²) in [6.07, 6.45) is 0.847. The van der Waals surface area contributed by atoms with Gasteiger partial charge in [-0.2, -0.15) is 0 Å². The van der Waals surface area contributed by atoms with Crippen LogP contribution in [0.4, 0.5) is 0 Å². The van der Waals surface area contributed by atoms with E-state index in [1.807, 2.05) is 12.3 Å². The molecule has 0 atom stereocenters. The normalized spacial score (nSPS) is 13.6. The Hall–Kier alpha value is -2.08. The van der Waals surface area contributed by atoms with Crippen LogP contribution in [0.15, 0.2) is 23.6 Å². The van der Waals surface area contributed by atoms with Crippen LogP contribution < -0.4 is 14.8 Å². The lowest BCUT2D eigenvalue weighted by molar-refractivity contribution is 0.0950. The first-order chi connectivity index (χ1) is 10.2. The summed E-state index contributed by atoms with van der Waals surface area (Å²) in [4.78, 5) is 16.5. The molecule has 0 radical (unpaired) electrons. The van der Waals surface area contributed by atoms with Crippen LogP contribution in [-0.2, 0) is 6.54 Å². The molecule has 1 aromatic carbocycles. The lowest BCUT2D eigenvalue weighted by Gasteiger charge is -2.09. The first-order valence-electron chi connectivity index (χ1n) is 6.81. The van der Waals surface area contributed by atoms with Crippen molar-refractivity contribution in [2.75, 3.05) is 13.2 Å². The number of ether oxygens (including phenoxy) is 2. The number of aryl methyl sites for hydroxylation is 1. The molecule has 1 aliphatic heterocycles. The lowest BCUT2D eigenvalue weighted by atomic mass is 10.2. The average molecular weight is 304 g/mol. The molecular formula is C15H16N2O3S. The smallest absolute Gasteiger partial charge is 0.251 e. The Bertz CT molecular complexity index is 654. The molecule has 0 saturated carbocycles. The van der Waals surface area contributed by atoms with Crippen molar-refractivity contribution in [2.45, 2.75) is 19.9 Å². The molecule has 3 rings (SSSR count). The van der Waals surface area contributed by atoms with E-state index < -0.39 is 0 Å². The number of carbonyl (C=O) groups is 1. The minimum absolute atomic E-state index is 0.142. The summed E-state index contributed by atoms with van der Waals surface area (Å²) in [6, 6.07) is 5.25. The number of carbonyl (C=O) groups excluding carboxylic acids is 1. The van der Waals surface area contributed by atoms with Crippen molar-refractivity contribution in [2.24, 2.45) is 0 Å². The molecule has 5 nitrogen and oxygen atoms in total. The van der Waals surface area contributed by atoms with E-state index in [1.54, 1.807) is 29.5 Å². The van der Waals surface area contributed by atoms with Crippen molar-refractivity contribution < 1.29 is 14.3 Å². The second-order valence-electron chi connectivity index (χ2n) is 4.75. The fraction of sp³-hybridized carbons (Fsp3) is 0.333. The van der Waals surface area contributed by atoms with Crippen molar-refractivity contribution in [3.05, 3.63) is 39.8 Å². The van der Waals surface area contributed by atoms with E-state index in [4.69, 9.17) is 9.47 Å². The predicted octanol–water partition coefficient (Wildman–Crippen LogP) is 2.54. The summed E-state index contributed by atoms with van der Waals surface area (Å²) in [6.45, 7) is 3.62. The maximum absolute atomic E-state index is 12.2. The Morgan fingerprint density at radius 1 is 1.33 bits per heavy atom. The molecule has 6 heteroatoms. The minimum Gasteiger partial charge on any atom is -0.490 e. The van der Waals surface area contributed by atoms with Gasteiger partial charge >= 0.3 is 0 Å². The number of nitrogens with one attached hydrogen (secondary N) is 1. The zero-order chi connectivity index (χ0) is 14.7. The minimum atomic E-state index is -0.142. The second-order valence-corrected chi connectivity index (χ2v) is 5.81. The van der Waals surface area contributed by atoms with E-state index in [2.05, 4.69) is 10.3 Å². The Labute approximate surface area is 126 Å². The van der Waals surface area contributed by atoms with Gasteiger partial charge in [0.05, 0.1) is 30.5 Å². The highest BCUT2D eigenvalue weighted by molar-refractivity contribution is 7.09. The van der Waals surface area contributed by atoms with Gasteiger partial charge < -0.3 is 14.8 Å². The van der Waals surface area contributed by atoms with Gasteiger partial charge in [0.25, 0.3) is 5.91 Å². The fourth-order valence-corrected chi connectivity index (χ4v) is 2.68. The molecule has 0 saturated heterocycles. The van der Waals surface area contributed by atoms with E-state index in [0.29, 0.717) is 36.8 Å². The highest BCUT2D eigenvalue weighted by atomic mass is 32.1. The molecule has 110 valence electrons. The van der Waals surface area contributed by atoms with Crippen molar-refractivity contribution in [1.82, 2.24) is 10.3 Å². The maximum atomic E-state index is 12.2. The number of amides is 1. The number of nitrogens with zero attached hydrogens (tertiary/aromatic N) is 1. The Morgan fingerprint density at radius 3 is 2.90 bits per heavy atom. The van der Waals surface area contributed by atoms with Crippen molar-refractivity contribution in [3.8, 4) is 11.5 Å². The molecule has 0 spiro atoms. The van der Waals surface area contributed by atoms with Crippen molar-refractivity contribution >= 4 is 17.2 Å². The van der Waals surface area contributed by atoms with Crippen LogP contribution in [0.1, 0.15) is 27.5 Å². The zero-order valence-corrected chi connectivity index (χ0v) is 12.5. The Morgan fingerprint density at radius 2 is 2.14 bits per heavy atom. The molecule has 2 aromatic rings. The molecule has 0 aliphatic carbocycles. The van der Waals surface area contributed by atoms with E-state index >= 15 is 0 Å². The van der Waals surface area contributed by atoms with Crippen LogP contribution in [-0.4, -0.2) is 24.1 Å². The van der Waals surface area contributed by atoms with Crippen LogP contribution in [0.25, 0.3) is 0 Å². The first kappa shape index (κ1) is 13.9. The van der Waals surface area contributed by atoms with Crippen LogP contribution in [0.2, 0.25) is 0 Å². The fourth-order valence-electron chi connectivity index (χ4n) is 2.07. The molecule has 21 heavy (non-hydrogen) atoms. The quantitative estimate of drug-likeness (QED) is 0.946. The van der Waals surface area contributed by atoms with Crippen LogP contribution in [0.3, 0.4) is 0 Å². The molecule has 1 aliphatic rings. The van der Waals surface area contributed by atoms with Gasteiger partial charge in [-0.05, 0) is 25.1 Å². The largest absolute Gasteiger partial charge is 0.490 e. The third kappa shape index (κ3) is 3.33. The SMILES string of the molecule is Cc1nc(CNC(=O)c2ccc3c(c2)OCCCO3)cs1. The number of thiazole rings is 1. The van der Waals surface area contributed by atoms with Crippen molar-refractivity contribution in [3.63, 3.8) is 0 Å². The third-order valence-corrected chi connectivity index (χ3v) is 3.93. The Kier molecular flexibility index (Phi) is 4.06. The molecule has 0 unspecified atom stereocenters. The molecule has 0 bridgehead atoms. The zero-order valence-electron chi connectivity index (χ0n) is 11.7. The first-order valence-corrected chi connectivity index (χ1v) is 7.69. The van der Waals surface area contributed by atoms with Crippen LogP contribution >= 0.6 is 11.3 Å². The lowest BCUT2D eigenvalue weighted by Crippen LogP contribution is -2.23. The molecule has 1 N–H and O–H groups in total. The van der Waals surface area contributed by atoms with Crippen molar-refractivity contribution in [1.29, 1.82) is 0 Å². The highest BCUT2D eigenvalue weighted by Gasteiger charge is 2.14. The third-order valence-electron chi connectivity index (χ3n) is 3.11. The molecule has 2 heterocycles. The van der Waals surface area contributed by atoms with E-state index in [-0.39, 0.29) is 5.91 Å². The summed E-state index contributed by atoms with van der Waals surface area (Å²) in [5.41, 5.74) is 1.44. The number of aromatic nitrogens is 1. The van der Waals surface area contributed by atoms with Gasteiger partial charge in [0.15, 0.2) is 11.5 Å². The van der Waals surface area contributed by atoms with Gasteiger partial charge in [-0.25, -0.2) is 4.98 Å². The number of hydrogen-bond acceptors (Lipinski definition) is 5. The number of rotatable bonds is 3. The second kappa shape index (κ2) is 6.13. The monoisotopic (exact) mass is 304 g/mol. The number of hydrogen-bond donors (Lipinski definition) is 1. The molecule has 0 fully saturated rings. The highest BCUT2D eigenvalue weighted by Crippen LogP contribution is 2.30. The number of fused-ring (bicyclic) bond motifs is 1. The predicted molar refractivity (Wildman–Crippen MR) is 80.1 cm³/mol. The van der Waals surface area contributed by atoms with Gasteiger partial charge in [0, 0.05) is 17.4 Å². The average Bonchev–Trinajstić information content (AvgIpc) is 2.77. The summed E-state index contributed by atoms with van der Waals surface area (Å²) in [7, 11) is 0. The summed E-state index contributed by atoms with van der Waals surface area (Å²) in [5, 5.41) is 5.80. The molecule has 1 aromatic heterocycles. The van der Waals surface area contributed by atoms with Gasteiger partial charge in [0.1, 0.15) is 0 Å². The maximum Gasteiger partial charge on any atom is 0.251 e. The van der Waals surface area contributed by atoms with E-state index in [0.717, 1.165) is 17.1 Å². The van der Waals surface area contributed by atoms with Crippen LogP contribution in [0.5, 0.6) is 11.5 Å². The van der Waals surface area contributed by atoms with Gasteiger partial charge in [0.2, 0.25) is 0 Å². The van der Waals surface area contributed by atoms with E-state index in [9.17, 15) is 4.79 Å². The molecular weight excluding hydrogens is 288 g/mol. The number of benzene rings is 1. The molecule has 1 amide bonds. The van der Waals surface area contributed by atoms with E-state index in [1.165, 1.54) is 0 Å². The standard InChI is InChI=1S/C15H16N2O3S/c1-10-17-12(9-21-10)8-16-15(18)11-3-4-13-14(7-11)20-6-2-5-19-13/h3-4,7,9H,2,5-6,8H2,1H3,(H,16,18). The summed E-state index contributed by atoms with van der Waals surface area (Å²) >= 11 is 1.57. The summed E-state index contributed by atoms with van der Waals surface area (Å²) in [5.74, 6) is 1.18. The van der Waals surface area contributed by atoms with Gasteiger partial charge in [-0.3, -0.25) is 4.79 Å². The topological polar surface area (TPSA) is 60.5 Å².